The molecule has 2 aromatic carbocycles. The predicted octanol–water partition coefficient (Wildman–Crippen LogP) is 5.23. The van der Waals surface area contributed by atoms with Crippen LogP contribution in [-0.2, 0) is 0 Å². The van der Waals surface area contributed by atoms with E-state index in [2.05, 4.69) is 26.2 Å². The summed E-state index contributed by atoms with van der Waals surface area (Å²) in [6.45, 7) is 2.02. The Morgan fingerprint density at radius 2 is 1.86 bits per heavy atom. The predicted molar refractivity (Wildman–Crippen MR) is 114 cm³/mol. The van der Waals surface area contributed by atoms with Crippen molar-refractivity contribution in [3.8, 4) is 11.3 Å². The summed E-state index contributed by atoms with van der Waals surface area (Å²) in [6, 6.07) is 15.5. The molecule has 1 amide bonds. The number of fused-ring (bicyclic) bond motifs is 1. The van der Waals surface area contributed by atoms with Crippen molar-refractivity contribution in [3.05, 3.63) is 92.7 Å². The van der Waals surface area contributed by atoms with Crippen LogP contribution in [0.25, 0.3) is 16.9 Å². The van der Waals surface area contributed by atoms with E-state index in [1.54, 1.807) is 12.1 Å². The second kappa shape index (κ2) is 7.48. The highest BCUT2D eigenvalue weighted by Crippen LogP contribution is 2.26. The van der Waals surface area contributed by atoms with Crippen molar-refractivity contribution in [2.75, 3.05) is 5.32 Å². The number of aryl methyl sites for hydroxylation is 1. The van der Waals surface area contributed by atoms with Gasteiger partial charge in [0, 0.05) is 35.3 Å². The Kier molecular flexibility index (Phi) is 4.85. The van der Waals surface area contributed by atoms with Crippen molar-refractivity contribution in [2.24, 2.45) is 0 Å². The number of nitro groups is 1. The average molecular weight is 451 g/mol. The van der Waals surface area contributed by atoms with Gasteiger partial charge in [0.05, 0.1) is 15.1 Å². The summed E-state index contributed by atoms with van der Waals surface area (Å²) in [5, 5.41) is 13.8. The molecule has 4 aromatic rings. The van der Waals surface area contributed by atoms with E-state index in [0.29, 0.717) is 10.2 Å². The van der Waals surface area contributed by atoms with E-state index >= 15 is 0 Å². The number of halogens is 1. The molecule has 144 valence electrons. The van der Waals surface area contributed by atoms with E-state index in [0.717, 1.165) is 22.5 Å². The van der Waals surface area contributed by atoms with Crippen LogP contribution in [0.2, 0.25) is 0 Å². The smallest absolute Gasteiger partial charge is 0.284 e. The topological polar surface area (TPSA) is 89.5 Å². The van der Waals surface area contributed by atoms with Crippen molar-refractivity contribution in [1.29, 1.82) is 0 Å². The van der Waals surface area contributed by atoms with Crippen LogP contribution >= 0.6 is 15.9 Å². The van der Waals surface area contributed by atoms with Crippen LogP contribution in [0.3, 0.4) is 0 Å². The van der Waals surface area contributed by atoms with Crippen molar-refractivity contribution >= 4 is 38.9 Å². The Morgan fingerprint density at radius 3 is 2.59 bits per heavy atom. The van der Waals surface area contributed by atoms with Gasteiger partial charge in [0.15, 0.2) is 0 Å². The summed E-state index contributed by atoms with van der Waals surface area (Å²) in [7, 11) is 0. The van der Waals surface area contributed by atoms with Crippen molar-refractivity contribution in [1.82, 2.24) is 9.38 Å². The third-order valence-corrected chi connectivity index (χ3v) is 5.11. The third kappa shape index (κ3) is 3.88. The molecule has 2 heterocycles. The fraction of sp³-hybridized carbons (Fsp3) is 0.0476. The summed E-state index contributed by atoms with van der Waals surface area (Å²) in [4.78, 5) is 27.6. The Balaban J connectivity index is 1.54. The molecule has 7 nitrogen and oxygen atoms in total. The lowest BCUT2D eigenvalue weighted by molar-refractivity contribution is -0.385. The van der Waals surface area contributed by atoms with E-state index in [-0.39, 0.29) is 11.3 Å². The fourth-order valence-corrected chi connectivity index (χ4v) is 3.35. The Hall–Kier alpha value is -3.52. The van der Waals surface area contributed by atoms with Crippen molar-refractivity contribution in [3.63, 3.8) is 0 Å². The van der Waals surface area contributed by atoms with Crippen LogP contribution in [0.4, 0.5) is 11.4 Å². The van der Waals surface area contributed by atoms with E-state index in [1.165, 1.54) is 18.2 Å². The fourth-order valence-electron chi connectivity index (χ4n) is 2.96. The summed E-state index contributed by atoms with van der Waals surface area (Å²) in [5.74, 6) is -0.420. The first kappa shape index (κ1) is 18.8. The Labute approximate surface area is 174 Å². The molecule has 0 aliphatic heterocycles. The molecule has 0 unspecified atom stereocenters. The normalized spacial score (nSPS) is 10.8. The van der Waals surface area contributed by atoms with Gasteiger partial charge < -0.3 is 9.72 Å². The Morgan fingerprint density at radius 1 is 1.10 bits per heavy atom. The number of anilines is 1. The molecule has 0 spiro atoms. The number of aromatic nitrogens is 2. The van der Waals surface area contributed by atoms with E-state index in [4.69, 9.17) is 0 Å². The molecule has 0 aliphatic rings. The summed E-state index contributed by atoms with van der Waals surface area (Å²) >= 11 is 3.11. The van der Waals surface area contributed by atoms with Gasteiger partial charge in [0.2, 0.25) is 0 Å². The standard InChI is InChI=1S/C21H15BrN4O3/c1-13-2-9-20-24-18(12-25(20)11-13)14-3-6-16(7-4-14)23-21(27)15-5-8-17(22)19(10-15)26(28)29/h2-12H,1H3,(H,23,27). The molecule has 0 atom stereocenters. The maximum Gasteiger partial charge on any atom is 0.284 e. The largest absolute Gasteiger partial charge is 0.322 e. The molecule has 1 N–H and O–H groups in total. The first-order valence-electron chi connectivity index (χ1n) is 8.72. The quantitative estimate of drug-likeness (QED) is 0.340. The zero-order valence-electron chi connectivity index (χ0n) is 15.3. The number of carbonyl (C=O) groups excluding carboxylic acids is 1. The molecule has 0 fully saturated rings. The van der Waals surface area contributed by atoms with Crippen LogP contribution in [-0.4, -0.2) is 20.2 Å². The van der Waals surface area contributed by atoms with Gasteiger partial charge in [0.25, 0.3) is 11.6 Å². The number of nitrogens with one attached hydrogen (secondary N) is 1. The van der Waals surface area contributed by atoms with Crippen LogP contribution in [0, 0.1) is 17.0 Å². The SMILES string of the molecule is Cc1ccc2nc(-c3ccc(NC(=O)c4ccc(Br)c([N+](=O)[O-])c4)cc3)cn2c1. The van der Waals surface area contributed by atoms with E-state index in [9.17, 15) is 14.9 Å². The molecular formula is C21H15BrN4O3. The first-order valence-corrected chi connectivity index (χ1v) is 9.51. The molecule has 0 bridgehead atoms. The van der Waals surface area contributed by atoms with Gasteiger partial charge in [-0.3, -0.25) is 14.9 Å². The number of hydrogen-bond donors (Lipinski definition) is 1. The first-order chi connectivity index (χ1) is 13.9. The molecule has 0 radical (unpaired) electrons. The monoisotopic (exact) mass is 450 g/mol. The second-order valence-electron chi connectivity index (χ2n) is 6.55. The Bertz CT molecular complexity index is 1250. The molecule has 0 aliphatic carbocycles. The lowest BCUT2D eigenvalue weighted by Crippen LogP contribution is -2.12. The zero-order valence-corrected chi connectivity index (χ0v) is 16.9. The highest BCUT2D eigenvalue weighted by atomic mass is 79.9. The van der Waals surface area contributed by atoms with Crippen molar-refractivity contribution in [2.45, 2.75) is 6.92 Å². The van der Waals surface area contributed by atoms with E-state index < -0.39 is 10.8 Å². The number of nitrogens with zero attached hydrogens (tertiary/aromatic N) is 3. The number of pyridine rings is 1. The number of carbonyl (C=O) groups is 1. The van der Waals surface area contributed by atoms with Gasteiger partial charge in [-0.2, -0.15) is 0 Å². The highest BCUT2D eigenvalue weighted by molar-refractivity contribution is 9.10. The zero-order chi connectivity index (χ0) is 20.5. The van der Waals surface area contributed by atoms with Gasteiger partial charge in [-0.05, 0) is 58.7 Å². The third-order valence-electron chi connectivity index (χ3n) is 4.44. The minimum atomic E-state index is -0.536. The number of hydrogen-bond acceptors (Lipinski definition) is 4. The summed E-state index contributed by atoms with van der Waals surface area (Å²) < 4.78 is 2.30. The summed E-state index contributed by atoms with van der Waals surface area (Å²) in [5.41, 5.74) is 4.40. The van der Waals surface area contributed by atoms with Gasteiger partial charge in [0.1, 0.15) is 5.65 Å². The highest BCUT2D eigenvalue weighted by Gasteiger charge is 2.16. The van der Waals surface area contributed by atoms with Crippen LogP contribution in [0.15, 0.2) is 71.5 Å². The van der Waals surface area contributed by atoms with Crippen molar-refractivity contribution < 1.29 is 9.72 Å². The van der Waals surface area contributed by atoms with Crippen LogP contribution < -0.4 is 5.32 Å². The summed E-state index contributed by atoms with van der Waals surface area (Å²) in [6.07, 6.45) is 3.97. The maximum absolute atomic E-state index is 12.4. The number of nitro benzene ring substituents is 1. The molecule has 29 heavy (non-hydrogen) atoms. The number of rotatable bonds is 4. The lowest BCUT2D eigenvalue weighted by Gasteiger charge is -2.06. The van der Waals surface area contributed by atoms with E-state index in [1.807, 2.05) is 48.0 Å². The van der Waals surface area contributed by atoms with Gasteiger partial charge in [-0.1, -0.05) is 18.2 Å². The average Bonchev–Trinajstić information content (AvgIpc) is 3.11. The number of amides is 1. The minimum absolute atomic E-state index is 0.157. The maximum atomic E-state index is 12.4. The second-order valence-corrected chi connectivity index (χ2v) is 7.41. The number of imidazole rings is 1. The lowest BCUT2D eigenvalue weighted by atomic mass is 10.1. The number of benzene rings is 2. The van der Waals surface area contributed by atoms with Crippen LogP contribution in [0.5, 0.6) is 0 Å². The molecular weight excluding hydrogens is 436 g/mol. The molecule has 2 aromatic heterocycles. The molecule has 0 saturated carbocycles. The molecule has 4 rings (SSSR count). The minimum Gasteiger partial charge on any atom is -0.322 e. The van der Waals surface area contributed by atoms with Crippen LogP contribution in [0.1, 0.15) is 15.9 Å². The van der Waals surface area contributed by atoms with Gasteiger partial charge in [-0.25, -0.2) is 4.98 Å². The van der Waals surface area contributed by atoms with Gasteiger partial charge in [-0.15, -0.1) is 0 Å². The molecule has 8 heteroatoms. The molecule has 0 saturated heterocycles. The van der Waals surface area contributed by atoms with Gasteiger partial charge >= 0.3 is 0 Å².